The molecule has 1 saturated heterocycles. The second-order valence-electron chi connectivity index (χ2n) is 7.06. The number of rotatable bonds is 3. The molecule has 0 unspecified atom stereocenters. The van der Waals surface area contributed by atoms with Crippen LogP contribution in [0.25, 0.3) is 0 Å². The molecule has 1 saturated carbocycles. The van der Waals surface area contributed by atoms with Crippen LogP contribution in [0.1, 0.15) is 50.1 Å². The molecule has 1 aliphatic heterocycles. The second-order valence-corrected chi connectivity index (χ2v) is 7.06. The SMILES string of the molecule is [2H]C([2H])(Oc1ccc2c(c1)[C@]13CCCC[C@@H]1[C@H](C2)N(C([2H])([2H])[2H])CC3)C(F)F. The fourth-order valence-corrected chi connectivity index (χ4v) is 5.16. The Balaban J connectivity index is 1.74. The predicted molar refractivity (Wildman–Crippen MR) is 86.3 cm³/mol. The number of benzene rings is 1. The van der Waals surface area contributed by atoms with E-state index in [0.29, 0.717) is 19.4 Å². The number of hydrogen-bond acceptors (Lipinski definition) is 2. The molecule has 4 rings (SSSR count). The molecule has 2 fully saturated rings. The Morgan fingerprint density at radius 3 is 3.17 bits per heavy atom. The minimum atomic E-state index is -3.24. The standard InChI is InChI=1S/C19H25F2NO/c1-22-9-8-19-7-3-2-4-15(19)17(22)10-13-5-6-14(11-16(13)19)23-12-18(20)21/h5-6,11,15,17-18H,2-4,7-10,12H2,1H3/t15-,17+,19+/m1/s1/i1D3,12D2. The maximum Gasteiger partial charge on any atom is 0.272 e. The minimum absolute atomic E-state index is 0.0478. The number of nitrogens with zero attached hydrogens (tertiary/aromatic N) is 1. The summed E-state index contributed by atoms with van der Waals surface area (Å²) in [6, 6.07) is 5.01. The van der Waals surface area contributed by atoms with Crippen molar-refractivity contribution >= 4 is 0 Å². The van der Waals surface area contributed by atoms with Crippen LogP contribution < -0.4 is 4.74 Å². The van der Waals surface area contributed by atoms with E-state index in [1.807, 2.05) is 0 Å². The monoisotopic (exact) mass is 326 g/mol. The highest BCUT2D eigenvalue weighted by Gasteiger charge is 2.53. The van der Waals surface area contributed by atoms with Gasteiger partial charge in [-0.2, -0.15) is 0 Å². The molecule has 0 N–H and O–H groups in total. The van der Waals surface area contributed by atoms with Crippen molar-refractivity contribution in [2.24, 2.45) is 5.92 Å². The summed E-state index contributed by atoms with van der Waals surface area (Å²) in [6.45, 7) is -4.68. The van der Waals surface area contributed by atoms with Crippen LogP contribution in [0.15, 0.2) is 18.2 Å². The molecule has 0 aromatic heterocycles. The Hall–Kier alpha value is -1.16. The van der Waals surface area contributed by atoms with Crippen molar-refractivity contribution in [3.63, 3.8) is 0 Å². The van der Waals surface area contributed by atoms with Crippen molar-refractivity contribution in [1.29, 1.82) is 0 Å². The first-order valence-corrected chi connectivity index (χ1v) is 8.42. The summed E-state index contributed by atoms with van der Waals surface area (Å²) in [7, 11) is 0. The molecule has 2 nitrogen and oxygen atoms in total. The maximum absolute atomic E-state index is 12.9. The van der Waals surface area contributed by atoms with E-state index in [1.54, 1.807) is 17.0 Å². The summed E-state index contributed by atoms with van der Waals surface area (Å²) in [5.41, 5.74) is 1.90. The van der Waals surface area contributed by atoms with E-state index in [2.05, 4.69) is 0 Å². The molecule has 23 heavy (non-hydrogen) atoms. The second kappa shape index (κ2) is 5.73. The third-order valence-corrected chi connectivity index (χ3v) is 6.07. The van der Waals surface area contributed by atoms with Gasteiger partial charge in [0.1, 0.15) is 12.3 Å². The van der Waals surface area contributed by atoms with Gasteiger partial charge in [0, 0.05) is 15.6 Å². The highest BCUT2D eigenvalue weighted by molar-refractivity contribution is 5.45. The van der Waals surface area contributed by atoms with E-state index in [-0.39, 0.29) is 23.1 Å². The lowest BCUT2D eigenvalue weighted by atomic mass is 9.52. The van der Waals surface area contributed by atoms with Gasteiger partial charge in [-0.3, -0.25) is 0 Å². The first-order chi connectivity index (χ1) is 13.0. The van der Waals surface area contributed by atoms with Crippen molar-refractivity contribution in [1.82, 2.24) is 4.90 Å². The van der Waals surface area contributed by atoms with Crippen LogP contribution >= 0.6 is 0 Å². The third kappa shape index (κ3) is 2.46. The van der Waals surface area contributed by atoms with Crippen molar-refractivity contribution in [2.75, 3.05) is 20.1 Å². The fraction of sp³-hybridized carbons (Fsp3) is 0.684. The average molecular weight is 326 g/mol. The van der Waals surface area contributed by atoms with E-state index >= 15 is 0 Å². The van der Waals surface area contributed by atoms with Gasteiger partial charge in [-0.05, 0) is 68.4 Å². The number of likely N-dealkylation sites (N-methyl/N-ethyl adjacent to an activating group) is 1. The molecule has 0 amide bonds. The molecule has 126 valence electrons. The van der Waals surface area contributed by atoms with Crippen LogP contribution in [0, 0.1) is 5.92 Å². The van der Waals surface area contributed by atoms with Crippen LogP contribution in [-0.2, 0) is 11.8 Å². The number of alkyl halides is 2. The van der Waals surface area contributed by atoms with Crippen molar-refractivity contribution < 1.29 is 20.4 Å². The Labute approximate surface area is 143 Å². The Morgan fingerprint density at radius 2 is 2.35 bits per heavy atom. The molecule has 4 heteroatoms. The van der Waals surface area contributed by atoms with Crippen LogP contribution in [-0.4, -0.2) is 37.4 Å². The van der Waals surface area contributed by atoms with Crippen LogP contribution in [0.4, 0.5) is 8.78 Å². The molecule has 0 radical (unpaired) electrons. The van der Waals surface area contributed by atoms with Crippen molar-refractivity contribution in [3.05, 3.63) is 29.3 Å². The topological polar surface area (TPSA) is 12.5 Å². The van der Waals surface area contributed by atoms with Gasteiger partial charge in [0.25, 0.3) is 6.43 Å². The number of halogens is 2. The molecule has 2 bridgehead atoms. The summed E-state index contributed by atoms with van der Waals surface area (Å²) in [6.07, 6.45) is 2.11. The lowest BCUT2D eigenvalue weighted by molar-refractivity contribution is 0.00259. The Bertz CT molecular complexity index is 756. The number of likely N-dealkylation sites (tertiary alicyclic amines) is 1. The Kier molecular flexibility index (Phi) is 2.65. The van der Waals surface area contributed by atoms with E-state index in [0.717, 1.165) is 36.8 Å². The molecule has 1 aromatic carbocycles. The number of hydrogen-bond donors (Lipinski definition) is 0. The lowest BCUT2D eigenvalue weighted by Gasteiger charge is -2.58. The third-order valence-electron chi connectivity index (χ3n) is 6.07. The van der Waals surface area contributed by atoms with Gasteiger partial charge >= 0.3 is 0 Å². The average Bonchev–Trinajstić information content (AvgIpc) is 2.61. The zero-order valence-electron chi connectivity index (χ0n) is 18.0. The number of ether oxygens (including phenoxy) is 1. The highest BCUT2D eigenvalue weighted by Crippen LogP contribution is 2.55. The summed E-state index contributed by atoms with van der Waals surface area (Å²) in [4.78, 5) is 1.67. The number of piperidine rings is 1. The zero-order valence-corrected chi connectivity index (χ0v) is 13.0. The fourth-order valence-electron chi connectivity index (χ4n) is 5.16. The summed E-state index contributed by atoms with van der Waals surface area (Å²) < 4.78 is 69.4. The molecule has 1 heterocycles. The lowest BCUT2D eigenvalue weighted by Crippen LogP contribution is -2.59. The van der Waals surface area contributed by atoms with Gasteiger partial charge in [-0.15, -0.1) is 0 Å². The van der Waals surface area contributed by atoms with E-state index in [1.165, 1.54) is 6.07 Å². The van der Waals surface area contributed by atoms with Gasteiger partial charge in [-0.25, -0.2) is 8.78 Å². The molecule has 1 aromatic rings. The zero-order chi connectivity index (χ0) is 20.3. The molecule has 2 aliphatic carbocycles. The van der Waals surface area contributed by atoms with E-state index in [9.17, 15) is 8.78 Å². The van der Waals surface area contributed by atoms with Gasteiger partial charge in [0.15, 0.2) is 0 Å². The van der Waals surface area contributed by atoms with Crippen molar-refractivity contribution in [2.45, 2.75) is 56.4 Å². The first kappa shape index (κ1) is 10.7. The summed E-state index contributed by atoms with van der Waals surface area (Å²) in [5, 5.41) is 0. The van der Waals surface area contributed by atoms with Crippen molar-refractivity contribution in [3.8, 4) is 5.75 Å². The van der Waals surface area contributed by atoms with E-state index < -0.39 is 20.0 Å². The molecule has 3 aliphatic rings. The van der Waals surface area contributed by atoms with Crippen LogP contribution in [0.5, 0.6) is 5.75 Å². The molecule has 3 atom stereocenters. The summed E-state index contributed by atoms with van der Waals surface area (Å²) in [5.74, 6) is 0.324. The van der Waals surface area contributed by atoms with Crippen LogP contribution in [0.2, 0.25) is 0 Å². The van der Waals surface area contributed by atoms with Gasteiger partial charge in [0.2, 0.25) is 0 Å². The Morgan fingerprint density at radius 1 is 1.43 bits per heavy atom. The summed E-state index contributed by atoms with van der Waals surface area (Å²) >= 11 is 0. The molecular formula is C19H25F2NO. The quantitative estimate of drug-likeness (QED) is 0.832. The smallest absolute Gasteiger partial charge is 0.272 e. The molecular weight excluding hydrogens is 296 g/mol. The normalized spacial score (nSPS) is 37.6. The first-order valence-electron chi connectivity index (χ1n) is 10.9. The van der Waals surface area contributed by atoms with Gasteiger partial charge in [-0.1, -0.05) is 18.9 Å². The maximum atomic E-state index is 12.9. The van der Waals surface area contributed by atoms with Gasteiger partial charge < -0.3 is 9.64 Å². The largest absolute Gasteiger partial charge is 0.488 e. The van der Waals surface area contributed by atoms with Crippen LogP contribution in [0.3, 0.4) is 0 Å². The molecule has 0 spiro atoms. The van der Waals surface area contributed by atoms with E-state index in [4.69, 9.17) is 11.6 Å². The predicted octanol–water partition coefficient (Wildman–Crippen LogP) is 4.02. The minimum Gasteiger partial charge on any atom is -0.488 e. The van der Waals surface area contributed by atoms with Gasteiger partial charge in [0.05, 0.1) is 2.74 Å². The number of fused-ring (bicyclic) bond motifs is 1. The highest BCUT2D eigenvalue weighted by atomic mass is 19.3.